The largest absolute Gasteiger partial charge is 0.481 e. The van der Waals surface area contributed by atoms with Crippen molar-refractivity contribution in [2.75, 3.05) is 0 Å². The quantitative estimate of drug-likeness (QED) is 0.340. The summed E-state index contributed by atoms with van der Waals surface area (Å²) in [5.41, 5.74) is 0.237. The van der Waals surface area contributed by atoms with E-state index < -0.39 is 33.2 Å². The highest BCUT2D eigenvalue weighted by Crippen LogP contribution is 2.37. The van der Waals surface area contributed by atoms with Crippen molar-refractivity contribution in [2.45, 2.75) is 69.5 Å². The fraction of sp³-hybridized carbons (Fsp3) is 0.579. The van der Waals surface area contributed by atoms with Crippen LogP contribution in [0.2, 0.25) is 0 Å². The van der Waals surface area contributed by atoms with Gasteiger partial charge in [0.05, 0.1) is 6.42 Å². The zero-order chi connectivity index (χ0) is 20.5. The Morgan fingerprint density at radius 2 is 1.52 bits per heavy atom. The lowest BCUT2D eigenvalue weighted by Crippen LogP contribution is -2.46. The van der Waals surface area contributed by atoms with Gasteiger partial charge in [0, 0.05) is 0 Å². The number of carbonyl (C=O) groups is 2. The van der Waals surface area contributed by atoms with Crippen LogP contribution in [0.25, 0.3) is 0 Å². The maximum atomic E-state index is 12.0. The Morgan fingerprint density at radius 3 is 2.04 bits per heavy atom. The summed E-state index contributed by atoms with van der Waals surface area (Å²) in [7, 11) is -5.22. The molecule has 0 heterocycles. The molecule has 152 valence electrons. The molecule has 1 aromatic carbocycles. The van der Waals surface area contributed by atoms with Gasteiger partial charge in [-0.1, -0.05) is 69.7 Å². The summed E-state index contributed by atoms with van der Waals surface area (Å²) in [5.74, 6) is -3.53. The Balaban J connectivity index is 3.09. The number of carboxylic acid groups (broad SMARTS) is 2. The van der Waals surface area contributed by atoms with Crippen molar-refractivity contribution in [3.63, 3.8) is 0 Å². The van der Waals surface area contributed by atoms with Crippen molar-refractivity contribution < 1.29 is 32.8 Å². The summed E-state index contributed by atoms with van der Waals surface area (Å²) in [4.78, 5) is 23.0. The van der Waals surface area contributed by atoms with Crippen LogP contribution in [0.5, 0.6) is 0 Å². The molecule has 0 fully saturated rings. The lowest BCUT2D eigenvalue weighted by molar-refractivity contribution is -0.147. The Labute approximate surface area is 160 Å². The van der Waals surface area contributed by atoms with Gasteiger partial charge in [0.1, 0.15) is 0 Å². The van der Waals surface area contributed by atoms with E-state index in [1.807, 2.05) is 0 Å². The minimum absolute atomic E-state index is 0.187. The van der Waals surface area contributed by atoms with Crippen LogP contribution in [-0.2, 0) is 30.9 Å². The summed E-state index contributed by atoms with van der Waals surface area (Å²) in [5, 5.41) is 18.7. The van der Waals surface area contributed by atoms with Crippen LogP contribution >= 0.6 is 0 Å². The first-order valence-electron chi connectivity index (χ1n) is 9.17. The van der Waals surface area contributed by atoms with Crippen molar-refractivity contribution in [2.24, 2.45) is 0 Å². The van der Waals surface area contributed by atoms with E-state index in [4.69, 9.17) is 5.11 Å². The smallest absolute Gasteiger partial charge is 0.332 e. The normalized spacial score (nSPS) is 13.9. The van der Waals surface area contributed by atoms with Crippen LogP contribution in [-0.4, -0.2) is 35.1 Å². The molecule has 8 heteroatoms. The van der Waals surface area contributed by atoms with Gasteiger partial charge in [-0.25, -0.2) is 0 Å². The van der Waals surface area contributed by atoms with E-state index >= 15 is 0 Å². The maximum Gasteiger partial charge on any atom is 0.332 e. The Morgan fingerprint density at radius 1 is 0.963 bits per heavy atom. The number of hydrogen-bond acceptors (Lipinski definition) is 4. The van der Waals surface area contributed by atoms with Crippen LogP contribution in [0.4, 0.5) is 0 Å². The number of benzene rings is 1. The molecular weight excluding hydrogens is 372 g/mol. The highest BCUT2D eigenvalue weighted by molar-refractivity contribution is 7.87. The molecule has 0 saturated heterocycles. The zero-order valence-corrected chi connectivity index (χ0v) is 16.4. The number of unbranched alkanes of at least 4 members (excludes halogenated alkanes) is 6. The molecule has 0 aromatic heterocycles. The van der Waals surface area contributed by atoms with Crippen LogP contribution in [0.3, 0.4) is 0 Å². The van der Waals surface area contributed by atoms with Crippen molar-refractivity contribution in [3.8, 4) is 0 Å². The SMILES string of the molecule is CCCCCCCCCc1ccccc1C(CC(=O)O)(C(=O)O)S(=O)(=O)O. The standard InChI is InChI=1S/C19H28O7S/c1-2-3-4-5-6-7-8-11-15-12-9-10-13-16(15)19(18(22)23,14-17(20)21)27(24,25)26/h9-10,12-13H,2-8,11,14H2,1H3,(H,20,21)(H,22,23)(H,24,25,26). The molecule has 0 bridgehead atoms. The number of hydrogen-bond donors (Lipinski definition) is 3. The van der Waals surface area contributed by atoms with E-state index in [0.29, 0.717) is 12.0 Å². The van der Waals surface area contributed by atoms with E-state index in [1.165, 1.54) is 18.6 Å². The van der Waals surface area contributed by atoms with Crippen molar-refractivity contribution in [3.05, 3.63) is 35.4 Å². The van der Waals surface area contributed by atoms with Crippen molar-refractivity contribution in [1.82, 2.24) is 0 Å². The third-order valence-corrected chi connectivity index (χ3v) is 6.11. The minimum Gasteiger partial charge on any atom is -0.481 e. The second-order valence-corrected chi connectivity index (χ2v) is 8.35. The molecule has 0 aliphatic carbocycles. The van der Waals surface area contributed by atoms with Gasteiger partial charge < -0.3 is 10.2 Å². The number of aliphatic carboxylic acids is 2. The van der Waals surface area contributed by atoms with Gasteiger partial charge in [-0.3, -0.25) is 14.1 Å². The van der Waals surface area contributed by atoms with Crippen LogP contribution in [0.1, 0.15) is 69.4 Å². The summed E-state index contributed by atoms with van der Waals surface area (Å²) in [6, 6.07) is 5.92. The van der Waals surface area contributed by atoms with Crippen LogP contribution in [0.15, 0.2) is 24.3 Å². The van der Waals surface area contributed by atoms with Crippen LogP contribution in [0, 0.1) is 0 Å². The first kappa shape index (κ1) is 23.1. The van der Waals surface area contributed by atoms with Crippen LogP contribution < -0.4 is 0 Å². The fourth-order valence-electron chi connectivity index (χ4n) is 3.24. The van der Waals surface area contributed by atoms with E-state index in [2.05, 4.69) is 6.92 Å². The predicted molar refractivity (Wildman–Crippen MR) is 101 cm³/mol. The van der Waals surface area contributed by atoms with Gasteiger partial charge in [0.25, 0.3) is 10.1 Å². The molecule has 0 aliphatic heterocycles. The average molecular weight is 400 g/mol. The van der Waals surface area contributed by atoms with Gasteiger partial charge in [-0.15, -0.1) is 0 Å². The average Bonchev–Trinajstić information content (AvgIpc) is 2.58. The van der Waals surface area contributed by atoms with Gasteiger partial charge in [-0.2, -0.15) is 8.42 Å². The second-order valence-electron chi connectivity index (χ2n) is 6.71. The number of carboxylic acids is 2. The molecule has 0 aliphatic rings. The molecule has 7 nitrogen and oxygen atoms in total. The topological polar surface area (TPSA) is 129 Å². The van der Waals surface area contributed by atoms with E-state index in [-0.39, 0.29) is 5.56 Å². The van der Waals surface area contributed by atoms with Crippen molar-refractivity contribution >= 4 is 22.1 Å². The fourth-order valence-corrected chi connectivity index (χ4v) is 4.25. The van der Waals surface area contributed by atoms with Gasteiger partial charge in [-0.05, 0) is 24.0 Å². The molecule has 0 amide bonds. The van der Waals surface area contributed by atoms with E-state index in [0.717, 1.165) is 38.5 Å². The molecule has 27 heavy (non-hydrogen) atoms. The molecule has 1 unspecified atom stereocenters. The van der Waals surface area contributed by atoms with Gasteiger partial charge in [0.2, 0.25) is 4.75 Å². The highest BCUT2D eigenvalue weighted by Gasteiger charge is 2.55. The maximum absolute atomic E-state index is 12.0. The molecule has 0 spiro atoms. The summed E-state index contributed by atoms with van der Waals surface area (Å²) >= 11 is 0. The third-order valence-electron chi connectivity index (χ3n) is 4.69. The van der Waals surface area contributed by atoms with Gasteiger partial charge in [0.15, 0.2) is 0 Å². The molecule has 0 saturated carbocycles. The number of aryl methyl sites for hydroxylation is 1. The lowest BCUT2D eigenvalue weighted by atomic mass is 9.88. The summed E-state index contributed by atoms with van der Waals surface area (Å²) < 4.78 is 30.7. The van der Waals surface area contributed by atoms with Crippen molar-refractivity contribution in [1.29, 1.82) is 0 Å². The molecule has 1 atom stereocenters. The Kier molecular flexibility index (Phi) is 8.92. The minimum atomic E-state index is -5.22. The van der Waals surface area contributed by atoms with E-state index in [9.17, 15) is 27.7 Å². The Bertz CT molecular complexity index is 742. The predicted octanol–water partition coefficient (Wildman–Crippen LogP) is 3.62. The highest BCUT2D eigenvalue weighted by atomic mass is 32.2. The zero-order valence-electron chi connectivity index (χ0n) is 15.6. The first-order valence-corrected chi connectivity index (χ1v) is 10.6. The molecular formula is C19H28O7S. The molecule has 3 N–H and O–H groups in total. The second kappa shape index (κ2) is 10.4. The van der Waals surface area contributed by atoms with Gasteiger partial charge >= 0.3 is 11.9 Å². The number of rotatable bonds is 13. The molecule has 0 radical (unpaired) electrons. The lowest BCUT2D eigenvalue weighted by Gasteiger charge is -2.27. The summed E-state index contributed by atoms with van der Waals surface area (Å²) in [6.07, 6.45) is 6.43. The molecule has 1 rings (SSSR count). The summed E-state index contributed by atoms with van der Waals surface area (Å²) in [6.45, 7) is 2.14. The first-order chi connectivity index (χ1) is 12.7. The van der Waals surface area contributed by atoms with E-state index in [1.54, 1.807) is 12.1 Å². The molecule has 1 aromatic rings. The third kappa shape index (κ3) is 6.04. The Hall–Kier alpha value is -1.93. The monoisotopic (exact) mass is 400 g/mol.